The molecule has 6 nitrogen and oxygen atoms in total. The number of methoxy groups -OCH3 is 1. The van der Waals surface area contributed by atoms with E-state index in [2.05, 4.69) is 4.98 Å². The second kappa shape index (κ2) is 6.60. The van der Waals surface area contributed by atoms with E-state index in [1.165, 1.54) is 22.7 Å². The van der Waals surface area contributed by atoms with E-state index in [-0.39, 0.29) is 11.1 Å². The summed E-state index contributed by atoms with van der Waals surface area (Å²) in [6.07, 6.45) is 4.89. The lowest BCUT2D eigenvalue weighted by Crippen LogP contribution is -2.20. The number of carboxylic acid groups (broad SMARTS) is 1. The van der Waals surface area contributed by atoms with Crippen LogP contribution in [0, 0.1) is 6.92 Å². The molecule has 0 amide bonds. The van der Waals surface area contributed by atoms with Gasteiger partial charge in [0.05, 0.1) is 18.4 Å². The van der Waals surface area contributed by atoms with Crippen LogP contribution in [0.15, 0.2) is 47.4 Å². The smallest absolute Gasteiger partial charge is 0.337 e. The third kappa shape index (κ3) is 3.28. The van der Waals surface area contributed by atoms with Crippen LogP contribution in [0.1, 0.15) is 27.2 Å². The summed E-state index contributed by atoms with van der Waals surface area (Å²) in [5.41, 5.74) is 2.04. The number of nitrogens with zero attached hydrogens (tertiary/aromatic N) is 2. The van der Waals surface area contributed by atoms with Crippen LogP contribution in [0.5, 0.6) is 5.75 Å². The van der Waals surface area contributed by atoms with Gasteiger partial charge in [0.1, 0.15) is 11.4 Å². The van der Waals surface area contributed by atoms with Gasteiger partial charge >= 0.3 is 5.97 Å². The lowest BCUT2D eigenvalue weighted by Gasteiger charge is -2.06. The number of hydrogen-bond acceptors (Lipinski definition) is 4. The predicted octanol–water partition coefficient (Wildman–Crippen LogP) is 2.88. The molecule has 2 aromatic heterocycles. The van der Waals surface area contributed by atoms with Crippen LogP contribution in [0.4, 0.5) is 0 Å². The van der Waals surface area contributed by atoms with E-state index in [4.69, 9.17) is 9.84 Å². The molecule has 2 heterocycles. The summed E-state index contributed by atoms with van der Waals surface area (Å²) in [4.78, 5) is 28.0. The summed E-state index contributed by atoms with van der Waals surface area (Å²) in [6.45, 7) is 1.67. The molecule has 0 saturated heterocycles. The molecule has 0 bridgehead atoms. The number of rotatable bonds is 4. The summed E-state index contributed by atoms with van der Waals surface area (Å²) in [6, 6.07) is 10.5. The van der Waals surface area contributed by atoms with Crippen molar-refractivity contribution in [2.24, 2.45) is 0 Å². The first-order valence-corrected chi connectivity index (χ1v) is 7.58. The van der Waals surface area contributed by atoms with E-state index in [1.54, 1.807) is 20.1 Å². The second-order valence-corrected chi connectivity index (χ2v) is 5.49. The second-order valence-electron chi connectivity index (χ2n) is 5.49. The number of carbonyl (C=O) groups is 1. The Balaban J connectivity index is 2.06. The minimum absolute atomic E-state index is 0.0375. The Morgan fingerprint density at radius 1 is 1.24 bits per heavy atom. The van der Waals surface area contributed by atoms with Crippen LogP contribution >= 0.6 is 0 Å². The van der Waals surface area contributed by atoms with Crippen molar-refractivity contribution < 1.29 is 14.6 Å². The molecule has 0 unspecified atom stereocenters. The van der Waals surface area contributed by atoms with Crippen LogP contribution < -0.4 is 10.3 Å². The Kier molecular flexibility index (Phi) is 4.35. The third-order valence-electron chi connectivity index (χ3n) is 3.86. The summed E-state index contributed by atoms with van der Waals surface area (Å²) in [5, 5.41) is 9.05. The molecule has 25 heavy (non-hydrogen) atoms. The van der Waals surface area contributed by atoms with Crippen molar-refractivity contribution in [3.63, 3.8) is 0 Å². The van der Waals surface area contributed by atoms with Gasteiger partial charge in [0, 0.05) is 11.8 Å². The van der Waals surface area contributed by atoms with E-state index in [0.717, 1.165) is 11.3 Å². The zero-order valence-corrected chi connectivity index (χ0v) is 13.8. The van der Waals surface area contributed by atoms with Crippen molar-refractivity contribution in [1.82, 2.24) is 9.38 Å². The largest absolute Gasteiger partial charge is 0.497 e. The van der Waals surface area contributed by atoms with Crippen LogP contribution in [-0.4, -0.2) is 27.6 Å². The third-order valence-corrected chi connectivity index (χ3v) is 3.86. The quantitative estimate of drug-likeness (QED) is 0.792. The summed E-state index contributed by atoms with van der Waals surface area (Å²) < 4.78 is 6.44. The molecule has 0 saturated carbocycles. The number of ether oxygens (including phenoxy) is 1. The number of aromatic carboxylic acids is 1. The predicted molar refractivity (Wildman–Crippen MR) is 95.1 cm³/mol. The SMILES string of the molecule is COc1cccc(/C=C/c2nc3ccc(C(=O)O)cn3c(=O)c2C)c1. The molecule has 0 aliphatic rings. The number of hydrogen-bond donors (Lipinski definition) is 1. The molecular formula is C19H16N2O4. The molecular weight excluding hydrogens is 320 g/mol. The molecule has 0 aliphatic heterocycles. The topological polar surface area (TPSA) is 80.9 Å². The van der Waals surface area contributed by atoms with Crippen LogP contribution in [0.2, 0.25) is 0 Å². The highest BCUT2D eigenvalue weighted by molar-refractivity contribution is 5.87. The van der Waals surface area contributed by atoms with Gasteiger partial charge in [0.2, 0.25) is 0 Å². The summed E-state index contributed by atoms with van der Waals surface area (Å²) in [5.74, 6) is -0.347. The van der Waals surface area contributed by atoms with Gasteiger partial charge in [0.15, 0.2) is 0 Å². The van der Waals surface area contributed by atoms with Crippen LogP contribution in [0.25, 0.3) is 17.8 Å². The fourth-order valence-electron chi connectivity index (χ4n) is 2.45. The van der Waals surface area contributed by atoms with E-state index < -0.39 is 5.97 Å². The first kappa shape index (κ1) is 16.4. The molecule has 0 spiro atoms. The number of carboxylic acids is 1. The molecule has 126 valence electrons. The molecule has 3 aromatic rings. The molecule has 0 radical (unpaired) electrons. The number of pyridine rings is 1. The van der Waals surface area contributed by atoms with E-state index in [1.807, 2.05) is 30.3 Å². The zero-order valence-electron chi connectivity index (χ0n) is 13.8. The van der Waals surface area contributed by atoms with Gasteiger partial charge in [-0.2, -0.15) is 0 Å². The molecule has 1 N–H and O–H groups in total. The van der Waals surface area contributed by atoms with Gasteiger partial charge in [-0.15, -0.1) is 0 Å². The fraction of sp³-hybridized carbons (Fsp3) is 0.105. The van der Waals surface area contributed by atoms with Gasteiger partial charge in [-0.3, -0.25) is 9.20 Å². The fourth-order valence-corrected chi connectivity index (χ4v) is 2.45. The minimum atomic E-state index is -1.09. The zero-order chi connectivity index (χ0) is 18.0. The van der Waals surface area contributed by atoms with E-state index in [0.29, 0.717) is 16.9 Å². The van der Waals surface area contributed by atoms with Crippen LogP contribution in [0.3, 0.4) is 0 Å². The minimum Gasteiger partial charge on any atom is -0.497 e. The Morgan fingerprint density at radius 3 is 2.76 bits per heavy atom. The lowest BCUT2D eigenvalue weighted by atomic mass is 10.1. The van der Waals surface area contributed by atoms with Crippen molar-refractivity contribution in [1.29, 1.82) is 0 Å². The Hall–Kier alpha value is -3.41. The van der Waals surface area contributed by atoms with Gasteiger partial charge in [0.25, 0.3) is 5.56 Å². The van der Waals surface area contributed by atoms with Gasteiger partial charge < -0.3 is 9.84 Å². The first-order chi connectivity index (χ1) is 12.0. The molecule has 0 aliphatic carbocycles. The molecule has 6 heteroatoms. The van der Waals surface area contributed by atoms with Gasteiger partial charge in [-0.05, 0) is 42.8 Å². The summed E-state index contributed by atoms with van der Waals surface area (Å²) >= 11 is 0. The average Bonchev–Trinajstić information content (AvgIpc) is 2.63. The van der Waals surface area contributed by atoms with Gasteiger partial charge in [-0.1, -0.05) is 18.2 Å². The molecule has 0 atom stereocenters. The highest BCUT2D eigenvalue weighted by Crippen LogP contribution is 2.15. The molecule has 1 aromatic carbocycles. The standard InChI is InChI=1S/C19H16N2O4/c1-12-16(8-6-13-4-3-5-15(10-13)25-2)20-17-9-7-14(19(23)24)11-21(17)18(12)22/h3-11H,1-2H3,(H,23,24)/b8-6+. The number of aromatic nitrogens is 2. The van der Waals surface area contributed by atoms with Crippen LogP contribution in [-0.2, 0) is 0 Å². The monoisotopic (exact) mass is 336 g/mol. The first-order valence-electron chi connectivity index (χ1n) is 7.58. The summed E-state index contributed by atoms with van der Waals surface area (Å²) in [7, 11) is 1.60. The average molecular weight is 336 g/mol. The molecule has 3 rings (SSSR count). The Morgan fingerprint density at radius 2 is 2.04 bits per heavy atom. The van der Waals surface area contributed by atoms with Crippen molar-refractivity contribution in [3.05, 3.63) is 75.3 Å². The van der Waals surface area contributed by atoms with Gasteiger partial charge in [-0.25, -0.2) is 9.78 Å². The highest BCUT2D eigenvalue weighted by Gasteiger charge is 2.10. The maximum atomic E-state index is 12.5. The number of benzene rings is 1. The van der Waals surface area contributed by atoms with E-state index in [9.17, 15) is 9.59 Å². The Labute approximate surface area is 143 Å². The number of fused-ring (bicyclic) bond motifs is 1. The normalized spacial score (nSPS) is 11.1. The van der Waals surface area contributed by atoms with E-state index >= 15 is 0 Å². The lowest BCUT2D eigenvalue weighted by molar-refractivity contribution is 0.0696. The van der Waals surface area contributed by atoms with Crippen molar-refractivity contribution >= 4 is 23.8 Å². The highest BCUT2D eigenvalue weighted by atomic mass is 16.5. The van der Waals surface area contributed by atoms with Crippen molar-refractivity contribution in [2.75, 3.05) is 7.11 Å². The Bertz CT molecular complexity index is 1050. The molecule has 0 fully saturated rings. The van der Waals surface area contributed by atoms with Crippen molar-refractivity contribution in [3.8, 4) is 5.75 Å². The van der Waals surface area contributed by atoms with Crippen molar-refractivity contribution in [2.45, 2.75) is 6.92 Å². The maximum Gasteiger partial charge on any atom is 0.337 e. The maximum absolute atomic E-state index is 12.5.